The highest BCUT2D eigenvalue weighted by atomic mass is 79.9. The molecule has 3 heteroatoms. The standard InChI is InChI=1S/C10H12BrFO/c1-10(12,7-13)9-4-2-3-8(5-9)6-11/h2-5,13H,6-7H2,1H3. The molecule has 1 rings (SSSR count). The van der Waals surface area contributed by atoms with Gasteiger partial charge in [0, 0.05) is 5.33 Å². The van der Waals surface area contributed by atoms with Gasteiger partial charge in [-0.15, -0.1) is 0 Å². The van der Waals surface area contributed by atoms with E-state index in [0.717, 1.165) is 5.56 Å². The molecular formula is C10H12BrFO. The molecule has 0 aliphatic rings. The normalized spacial score (nSPS) is 15.4. The topological polar surface area (TPSA) is 20.2 Å². The highest BCUT2D eigenvalue weighted by molar-refractivity contribution is 9.08. The number of alkyl halides is 2. The van der Waals surface area contributed by atoms with Crippen LogP contribution in [0, 0.1) is 0 Å². The van der Waals surface area contributed by atoms with E-state index in [-0.39, 0.29) is 0 Å². The molecule has 0 saturated carbocycles. The van der Waals surface area contributed by atoms with Gasteiger partial charge in [0.1, 0.15) is 0 Å². The third-order valence-electron chi connectivity index (χ3n) is 1.98. The van der Waals surface area contributed by atoms with E-state index in [0.29, 0.717) is 10.9 Å². The van der Waals surface area contributed by atoms with Crippen molar-refractivity contribution in [2.24, 2.45) is 0 Å². The average Bonchev–Trinajstić information content (AvgIpc) is 2.18. The second kappa shape index (κ2) is 4.20. The fourth-order valence-corrected chi connectivity index (χ4v) is 1.42. The molecular weight excluding hydrogens is 235 g/mol. The monoisotopic (exact) mass is 246 g/mol. The van der Waals surface area contributed by atoms with E-state index in [1.807, 2.05) is 6.07 Å². The molecule has 0 radical (unpaired) electrons. The van der Waals surface area contributed by atoms with Crippen molar-refractivity contribution >= 4 is 15.9 Å². The Labute approximate surface area is 85.7 Å². The molecule has 1 atom stereocenters. The van der Waals surface area contributed by atoms with Crippen molar-refractivity contribution in [3.05, 3.63) is 35.4 Å². The van der Waals surface area contributed by atoms with Crippen LogP contribution in [0.3, 0.4) is 0 Å². The van der Waals surface area contributed by atoms with Gasteiger partial charge in [-0.05, 0) is 18.1 Å². The van der Waals surface area contributed by atoms with Crippen LogP contribution in [0.2, 0.25) is 0 Å². The third kappa shape index (κ3) is 2.51. The number of hydrogen-bond acceptors (Lipinski definition) is 1. The molecule has 0 saturated heterocycles. The fourth-order valence-electron chi connectivity index (χ4n) is 1.07. The zero-order chi connectivity index (χ0) is 9.90. The summed E-state index contributed by atoms with van der Waals surface area (Å²) in [4.78, 5) is 0. The summed E-state index contributed by atoms with van der Waals surface area (Å²) in [6.45, 7) is 0.888. The van der Waals surface area contributed by atoms with Crippen molar-refractivity contribution in [2.75, 3.05) is 6.61 Å². The Balaban J connectivity index is 3.01. The summed E-state index contributed by atoms with van der Waals surface area (Å²) in [5.74, 6) is 0. The summed E-state index contributed by atoms with van der Waals surface area (Å²) in [7, 11) is 0. The van der Waals surface area contributed by atoms with Crippen molar-refractivity contribution in [3.63, 3.8) is 0 Å². The van der Waals surface area contributed by atoms with Crippen LogP contribution < -0.4 is 0 Å². The lowest BCUT2D eigenvalue weighted by Gasteiger charge is -2.18. The second-order valence-corrected chi connectivity index (χ2v) is 3.75. The summed E-state index contributed by atoms with van der Waals surface area (Å²) in [6, 6.07) is 7.14. The van der Waals surface area contributed by atoms with Gasteiger partial charge in [-0.3, -0.25) is 0 Å². The van der Waals surface area contributed by atoms with Crippen LogP contribution in [0.15, 0.2) is 24.3 Å². The van der Waals surface area contributed by atoms with Gasteiger partial charge < -0.3 is 5.11 Å². The van der Waals surface area contributed by atoms with E-state index in [2.05, 4.69) is 15.9 Å². The van der Waals surface area contributed by atoms with Crippen molar-refractivity contribution in [3.8, 4) is 0 Å². The molecule has 13 heavy (non-hydrogen) atoms. The molecule has 72 valence electrons. The summed E-state index contributed by atoms with van der Waals surface area (Å²) in [5, 5.41) is 9.52. The first-order chi connectivity index (χ1) is 6.10. The zero-order valence-corrected chi connectivity index (χ0v) is 9.01. The van der Waals surface area contributed by atoms with Gasteiger partial charge in [-0.2, -0.15) is 0 Å². The van der Waals surface area contributed by atoms with E-state index in [1.165, 1.54) is 6.92 Å². The summed E-state index contributed by atoms with van der Waals surface area (Å²) in [5.41, 5.74) is -0.111. The molecule has 0 heterocycles. The van der Waals surface area contributed by atoms with Crippen molar-refractivity contribution in [1.29, 1.82) is 0 Å². The van der Waals surface area contributed by atoms with Crippen molar-refractivity contribution < 1.29 is 9.50 Å². The predicted octanol–water partition coefficient (Wildman–Crippen LogP) is 2.76. The molecule has 0 fully saturated rings. The lowest BCUT2D eigenvalue weighted by molar-refractivity contribution is 0.0867. The number of hydrogen-bond donors (Lipinski definition) is 1. The number of halogens is 2. The largest absolute Gasteiger partial charge is 0.393 e. The van der Waals surface area contributed by atoms with Crippen LogP contribution >= 0.6 is 15.9 Å². The summed E-state index contributed by atoms with van der Waals surface area (Å²) in [6.07, 6.45) is 0. The van der Waals surface area contributed by atoms with Crippen LogP contribution in [0.4, 0.5) is 4.39 Å². The van der Waals surface area contributed by atoms with Crippen LogP contribution in [0.25, 0.3) is 0 Å². The third-order valence-corrected chi connectivity index (χ3v) is 2.63. The minimum atomic E-state index is -1.64. The number of benzene rings is 1. The Kier molecular flexibility index (Phi) is 3.45. The van der Waals surface area contributed by atoms with Crippen molar-refractivity contribution in [1.82, 2.24) is 0 Å². The Morgan fingerprint density at radius 2 is 2.23 bits per heavy atom. The molecule has 1 unspecified atom stereocenters. The maximum atomic E-state index is 13.6. The molecule has 0 spiro atoms. The lowest BCUT2D eigenvalue weighted by Crippen LogP contribution is -2.20. The number of aliphatic hydroxyl groups is 1. The molecule has 1 aromatic rings. The lowest BCUT2D eigenvalue weighted by atomic mass is 9.97. The first-order valence-electron chi connectivity index (χ1n) is 4.05. The van der Waals surface area contributed by atoms with Crippen LogP contribution in [-0.2, 0) is 11.0 Å². The van der Waals surface area contributed by atoms with Gasteiger partial charge in [0.25, 0.3) is 0 Å². The summed E-state index contributed by atoms with van der Waals surface area (Å²) < 4.78 is 13.6. The van der Waals surface area contributed by atoms with Gasteiger partial charge in [0.05, 0.1) is 6.61 Å². The van der Waals surface area contributed by atoms with E-state index in [4.69, 9.17) is 5.11 Å². The van der Waals surface area contributed by atoms with Crippen LogP contribution in [0.5, 0.6) is 0 Å². The molecule has 0 amide bonds. The summed E-state index contributed by atoms with van der Waals surface area (Å²) >= 11 is 3.30. The Morgan fingerprint density at radius 1 is 1.54 bits per heavy atom. The van der Waals surface area contributed by atoms with Crippen LogP contribution in [0.1, 0.15) is 18.1 Å². The van der Waals surface area contributed by atoms with Gasteiger partial charge in [0.15, 0.2) is 5.67 Å². The van der Waals surface area contributed by atoms with E-state index < -0.39 is 12.3 Å². The van der Waals surface area contributed by atoms with Gasteiger partial charge in [-0.1, -0.05) is 40.2 Å². The zero-order valence-electron chi connectivity index (χ0n) is 7.43. The molecule has 0 bridgehead atoms. The Morgan fingerprint density at radius 3 is 2.77 bits per heavy atom. The first-order valence-corrected chi connectivity index (χ1v) is 5.17. The maximum Gasteiger partial charge on any atom is 0.156 e. The molecule has 0 aliphatic carbocycles. The smallest absolute Gasteiger partial charge is 0.156 e. The van der Waals surface area contributed by atoms with E-state index >= 15 is 0 Å². The van der Waals surface area contributed by atoms with Gasteiger partial charge >= 0.3 is 0 Å². The molecule has 0 aliphatic heterocycles. The minimum absolute atomic E-state index is 0.487. The predicted molar refractivity (Wildman–Crippen MR) is 54.6 cm³/mol. The SMILES string of the molecule is CC(F)(CO)c1cccc(CBr)c1. The Hall–Kier alpha value is -0.410. The van der Waals surface area contributed by atoms with Crippen molar-refractivity contribution in [2.45, 2.75) is 17.9 Å². The Bertz CT molecular complexity index is 286. The number of rotatable bonds is 3. The molecule has 1 nitrogen and oxygen atoms in total. The van der Waals surface area contributed by atoms with Gasteiger partial charge in [0.2, 0.25) is 0 Å². The van der Waals surface area contributed by atoms with E-state index in [1.54, 1.807) is 18.2 Å². The quantitative estimate of drug-likeness (QED) is 0.814. The molecule has 1 N–H and O–H groups in total. The molecule has 0 aromatic heterocycles. The van der Waals surface area contributed by atoms with Crippen LogP contribution in [-0.4, -0.2) is 11.7 Å². The minimum Gasteiger partial charge on any atom is -0.393 e. The average molecular weight is 247 g/mol. The first kappa shape index (κ1) is 10.7. The molecule has 1 aromatic carbocycles. The fraction of sp³-hybridized carbons (Fsp3) is 0.400. The maximum absolute atomic E-state index is 13.6. The highest BCUT2D eigenvalue weighted by Crippen LogP contribution is 2.25. The number of aliphatic hydroxyl groups excluding tert-OH is 1. The highest BCUT2D eigenvalue weighted by Gasteiger charge is 2.24. The second-order valence-electron chi connectivity index (χ2n) is 3.19. The van der Waals surface area contributed by atoms with Gasteiger partial charge in [-0.25, -0.2) is 4.39 Å². The van der Waals surface area contributed by atoms with E-state index in [9.17, 15) is 4.39 Å².